The number of piperidine rings is 1. The highest BCUT2D eigenvalue weighted by molar-refractivity contribution is 6.02. The molecule has 0 spiro atoms. The van der Waals surface area contributed by atoms with Crippen LogP contribution >= 0.6 is 0 Å². The number of phenolic OH excluding ortho intramolecular Hbond substituents is 2. The van der Waals surface area contributed by atoms with Crippen LogP contribution in [0.15, 0.2) is 40.9 Å². The summed E-state index contributed by atoms with van der Waals surface area (Å²) in [5.41, 5.74) is 3.78. The van der Waals surface area contributed by atoms with Crippen molar-refractivity contribution in [2.45, 2.75) is 53.0 Å². The van der Waals surface area contributed by atoms with E-state index in [9.17, 15) is 15.0 Å². The minimum atomic E-state index is -0.337. The molecule has 0 bridgehead atoms. The van der Waals surface area contributed by atoms with E-state index in [1.807, 2.05) is 19.1 Å². The third kappa shape index (κ3) is 5.68. The Morgan fingerprint density at radius 2 is 1.80 bits per heavy atom. The molecule has 7 nitrogen and oxygen atoms in total. The molecule has 4 rings (SSSR count). The lowest BCUT2D eigenvalue weighted by Gasteiger charge is -2.26. The third-order valence-corrected chi connectivity index (χ3v) is 6.41. The van der Waals surface area contributed by atoms with Crippen molar-refractivity contribution in [2.75, 3.05) is 19.6 Å². The van der Waals surface area contributed by atoms with Crippen molar-refractivity contribution in [1.29, 1.82) is 0 Å². The topological polar surface area (TPSA) is 98.8 Å². The highest BCUT2D eigenvalue weighted by Crippen LogP contribution is 2.42. The van der Waals surface area contributed by atoms with E-state index in [-0.39, 0.29) is 23.1 Å². The molecular formula is C28H35N3O4. The van der Waals surface area contributed by atoms with Crippen molar-refractivity contribution in [2.24, 2.45) is 5.92 Å². The van der Waals surface area contributed by atoms with Gasteiger partial charge in [-0.1, -0.05) is 49.7 Å². The summed E-state index contributed by atoms with van der Waals surface area (Å²) < 4.78 is 5.68. The standard InChI is InChI=1S/C28H35N3O4/c1-4-29-28(34)26-25(20-10-8-19(9-11-20)17-31-12-6-5-7-13-31)27(35-30-26)22-15-21(14-18(2)3)23(32)16-24(22)33/h8-11,15-16,18,32-33H,4-7,12-14,17H2,1-3H3,(H,29,34). The quantitative estimate of drug-likeness (QED) is 0.404. The van der Waals surface area contributed by atoms with E-state index in [2.05, 4.69) is 41.4 Å². The largest absolute Gasteiger partial charge is 0.508 e. The van der Waals surface area contributed by atoms with Crippen LogP contribution in [0.2, 0.25) is 0 Å². The second kappa shape index (κ2) is 11.0. The maximum absolute atomic E-state index is 12.8. The number of nitrogens with one attached hydrogen (secondary N) is 1. The van der Waals surface area contributed by atoms with Gasteiger partial charge >= 0.3 is 0 Å². The van der Waals surface area contributed by atoms with Gasteiger partial charge in [0.25, 0.3) is 5.91 Å². The van der Waals surface area contributed by atoms with Gasteiger partial charge in [0.15, 0.2) is 11.5 Å². The molecule has 35 heavy (non-hydrogen) atoms. The summed E-state index contributed by atoms with van der Waals surface area (Å²) >= 11 is 0. The molecule has 7 heteroatoms. The zero-order valence-electron chi connectivity index (χ0n) is 20.8. The molecule has 1 aliphatic rings. The molecule has 0 aliphatic carbocycles. The second-order valence-corrected chi connectivity index (χ2v) is 9.72. The number of benzene rings is 2. The first-order valence-electron chi connectivity index (χ1n) is 12.5. The van der Waals surface area contributed by atoms with E-state index >= 15 is 0 Å². The SMILES string of the molecule is CCNC(=O)c1noc(-c2cc(CC(C)C)c(O)cc2O)c1-c1ccc(CN2CCCCC2)cc1. The number of rotatable bonds is 8. The molecule has 1 fully saturated rings. The molecular weight excluding hydrogens is 442 g/mol. The van der Waals surface area contributed by atoms with Crippen LogP contribution in [0.1, 0.15) is 61.6 Å². The Kier molecular flexibility index (Phi) is 7.76. The van der Waals surface area contributed by atoms with Gasteiger partial charge in [-0.2, -0.15) is 0 Å². The van der Waals surface area contributed by atoms with Crippen molar-refractivity contribution < 1.29 is 19.5 Å². The summed E-state index contributed by atoms with van der Waals surface area (Å²) in [6.45, 7) is 9.57. The average molecular weight is 478 g/mol. The number of carbonyl (C=O) groups is 1. The van der Waals surface area contributed by atoms with Crippen LogP contribution in [-0.2, 0) is 13.0 Å². The van der Waals surface area contributed by atoms with Crippen LogP contribution < -0.4 is 5.32 Å². The van der Waals surface area contributed by atoms with E-state index in [1.54, 1.807) is 6.07 Å². The molecule has 2 heterocycles. The minimum Gasteiger partial charge on any atom is -0.508 e. The summed E-state index contributed by atoms with van der Waals surface area (Å²) in [5.74, 6) is 0.183. The molecule has 3 aromatic rings. The number of phenols is 2. The highest BCUT2D eigenvalue weighted by atomic mass is 16.5. The summed E-state index contributed by atoms with van der Waals surface area (Å²) in [6.07, 6.45) is 4.42. The lowest BCUT2D eigenvalue weighted by atomic mass is 9.94. The van der Waals surface area contributed by atoms with Gasteiger partial charge in [-0.15, -0.1) is 0 Å². The number of nitrogens with zero attached hydrogens (tertiary/aromatic N) is 2. The highest BCUT2D eigenvalue weighted by Gasteiger charge is 2.27. The molecule has 2 aromatic carbocycles. The first kappa shape index (κ1) is 24.8. The van der Waals surface area contributed by atoms with Gasteiger partial charge in [0.2, 0.25) is 0 Å². The van der Waals surface area contributed by atoms with Crippen molar-refractivity contribution >= 4 is 5.91 Å². The van der Waals surface area contributed by atoms with Crippen LogP contribution in [0.3, 0.4) is 0 Å². The van der Waals surface area contributed by atoms with Crippen molar-refractivity contribution in [1.82, 2.24) is 15.4 Å². The van der Waals surface area contributed by atoms with Crippen LogP contribution in [0.25, 0.3) is 22.5 Å². The van der Waals surface area contributed by atoms with Crippen LogP contribution in [-0.4, -0.2) is 45.8 Å². The van der Waals surface area contributed by atoms with Gasteiger partial charge in [0, 0.05) is 19.2 Å². The van der Waals surface area contributed by atoms with Gasteiger partial charge in [-0.25, -0.2) is 0 Å². The molecule has 0 saturated carbocycles. The molecule has 0 atom stereocenters. The Morgan fingerprint density at radius 1 is 1.09 bits per heavy atom. The number of amides is 1. The Hall–Kier alpha value is -3.32. The van der Waals surface area contributed by atoms with Crippen molar-refractivity contribution in [3.05, 3.63) is 53.2 Å². The molecule has 1 aromatic heterocycles. The summed E-state index contributed by atoms with van der Waals surface area (Å²) in [5, 5.41) is 27.9. The minimum absolute atomic E-state index is 0.0343. The number of aromatic nitrogens is 1. The molecule has 0 radical (unpaired) electrons. The fourth-order valence-corrected chi connectivity index (χ4v) is 4.70. The predicted octanol–water partition coefficient (Wildman–Crippen LogP) is 5.35. The molecule has 3 N–H and O–H groups in total. The Labute approximate surface area is 206 Å². The summed E-state index contributed by atoms with van der Waals surface area (Å²) in [6, 6.07) is 11.1. The number of aromatic hydroxyl groups is 2. The predicted molar refractivity (Wildman–Crippen MR) is 136 cm³/mol. The lowest BCUT2D eigenvalue weighted by Crippen LogP contribution is -2.29. The normalized spacial score (nSPS) is 14.4. The van der Waals surface area contributed by atoms with E-state index in [0.29, 0.717) is 41.3 Å². The van der Waals surface area contributed by atoms with Gasteiger partial charge in [0.1, 0.15) is 11.5 Å². The van der Waals surface area contributed by atoms with Gasteiger partial charge in [-0.3, -0.25) is 9.69 Å². The van der Waals surface area contributed by atoms with Gasteiger partial charge < -0.3 is 20.1 Å². The molecule has 1 aliphatic heterocycles. The van der Waals surface area contributed by atoms with E-state index in [1.165, 1.54) is 30.9 Å². The Balaban J connectivity index is 1.75. The van der Waals surface area contributed by atoms with E-state index in [4.69, 9.17) is 4.52 Å². The second-order valence-electron chi connectivity index (χ2n) is 9.72. The number of likely N-dealkylation sites (tertiary alicyclic amines) is 1. The molecule has 0 unspecified atom stereocenters. The monoisotopic (exact) mass is 477 g/mol. The lowest BCUT2D eigenvalue weighted by molar-refractivity contribution is 0.0947. The zero-order valence-corrected chi connectivity index (χ0v) is 20.8. The fraction of sp³-hybridized carbons (Fsp3) is 0.429. The maximum Gasteiger partial charge on any atom is 0.274 e. The van der Waals surface area contributed by atoms with Crippen LogP contribution in [0, 0.1) is 5.92 Å². The smallest absolute Gasteiger partial charge is 0.274 e. The summed E-state index contributed by atoms with van der Waals surface area (Å²) in [4.78, 5) is 15.3. The maximum atomic E-state index is 12.8. The van der Waals surface area contributed by atoms with Crippen molar-refractivity contribution in [3.63, 3.8) is 0 Å². The van der Waals surface area contributed by atoms with Crippen molar-refractivity contribution in [3.8, 4) is 33.9 Å². The average Bonchev–Trinajstić information content (AvgIpc) is 3.27. The zero-order chi connectivity index (χ0) is 24.9. The van der Waals surface area contributed by atoms with Crippen LogP contribution in [0.4, 0.5) is 0 Å². The summed E-state index contributed by atoms with van der Waals surface area (Å²) in [7, 11) is 0. The Morgan fingerprint density at radius 3 is 2.46 bits per heavy atom. The molecule has 186 valence electrons. The van der Waals surface area contributed by atoms with Gasteiger partial charge in [-0.05, 0) is 68.0 Å². The molecule has 1 saturated heterocycles. The molecule has 1 amide bonds. The van der Waals surface area contributed by atoms with E-state index < -0.39 is 0 Å². The Bertz CT molecular complexity index is 1160. The fourth-order valence-electron chi connectivity index (χ4n) is 4.70. The first-order valence-corrected chi connectivity index (χ1v) is 12.5. The third-order valence-electron chi connectivity index (χ3n) is 6.41. The first-order chi connectivity index (χ1) is 16.9. The van der Waals surface area contributed by atoms with Gasteiger partial charge in [0.05, 0.1) is 11.1 Å². The number of carbonyl (C=O) groups excluding carboxylic acids is 1. The number of hydrogen-bond acceptors (Lipinski definition) is 6. The van der Waals surface area contributed by atoms with Crippen LogP contribution in [0.5, 0.6) is 11.5 Å². The van der Waals surface area contributed by atoms with E-state index in [0.717, 1.165) is 25.2 Å². The number of hydrogen-bond donors (Lipinski definition) is 3.